The Morgan fingerprint density at radius 1 is 1.07 bits per heavy atom. The van der Waals surface area contributed by atoms with E-state index in [0.717, 1.165) is 22.0 Å². The van der Waals surface area contributed by atoms with Crippen LogP contribution < -0.4 is 0 Å². The Morgan fingerprint density at radius 3 is 2.52 bits per heavy atom. The third-order valence-corrected chi connectivity index (χ3v) is 6.67. The van der Waals surface area contributed by atoms with Gasteiger partial charge in [-0.3, -0.25) is 0 Å². The average Bonchev–Trinajstić information content (AvgIpc) is 3.27. The number of nitrogens with one attached hydrogen (secondary N) is 1. The number of H-pyrrole nitrogens is 1. The van der Waals surface area contributed by atoms with Crippen molar-refractivity contribution in [1.29, 1.82) is 0 Å². The molecule has 2 heterocycles. The van der Waals surface area contributed by atoms with Gasteiger partial charge in [0, 0.05) is 6.54 Å². The molecular weight excluding hydrogens is 379 g/mol. The van der Waals surface area contributed by atoms with E-state index in [4.69, 9.17) is 0 Å². The molecule has 2 aromatic carbocycles. The van der Waals surface area contributed by atoms with Gasteiger partial charge in [-0.05, 0) is 37.1 Å². The first-order valence-electron chi connectivity index (χ1n) is 8.41. The van der Waals surface area contributed by atoms with Crippen molar-refractivity contribution >= 4 is 21.1 Å². The van der Waals surface area contributed by atoms with Crippen molar-refractivity contribution in [3.63, 3.8) is 0 Å². The molecule has 3 aromatic rings. The van der Waals surface area contributed by atoms with Crippen molar-refractivity contribution in [2.45, 2.75) is 30.0 Å². The largest absolute Gasteiger partial charge is 0.417 e. The number of fused-ring (bicyclic) bond motifs is 1. The maximum Gasteiger partial charge on any atom is 0.417 e. The van der Waals surface area contributed by atoms with Crippen LogP contribution in [0.2, 0.25) is 0 Å². The lowest BCUT2D eigenvalue weighted by Gasteiger charge is -2.24. The fourth-order valence-electron chi connectivity index (χ4n) is 3.48. The number of sulfonamides is 1. The summed E-state index contributed by atoms with van der Waals surface area (Å²) >= 11 is 0. The van der Waals surface area contributed by atoms with Crippen LogP contribution in [0.4, 0.5) is 13.2 Å². The number of rotatable bonds is 3. The third kappa shape index (κ3) is 3.10. The summed E-state index contributed by atoms with van der Waals surface area (Å²) in [6.07, 6.45) is -3.71. The van der Waals surface area contributed by atoms with Gasteiger partial charge in [0.05, 0.1) is 27.5 Å². The molecule has 0 saturated carbocycles. The van der Waals surface area contributed by atoms with E-state index >= 15 is 0 Å². The summed E-state index contributed by atoms with van der Waals surface area (Å²) < 4.78 is 67.3. The Kier molecular flexibility index (Phi) is 4.23. The molecule has 1 aliphatic heterocycles. The molecule has 1 saturated heterocycles. The van der Waals surface area contributed by atoms with Gasteiger partial charge in [0.15, 0.2) is 0 Å². The zero-order valence-corrected chi connectivity index (χ0v) is 14.9. The number of benzene rings is 2. The third-order valence-electron chi connectivity index (χ3n) is 4.71. The van der Waals surface area contributed by atoms with Crippen LogP contribution >= 0.6 is 0 Å². The number of imidazole rings is 1. The van der Waals surface area contributed by atoms with E-state index in [1.54, 1.807) is 6.07 Å². The number of hydrogen-bond acceptors (Lipinski definition) is 3. The van der Waals surface area contributed by atoms with Crippen LogP contribution in [0.3, 0.4) is 0 Å². The van der Waals surface area contributed by atoms with Gasteiger partial charge >= 0.3 is 6.18 Å². The quantitative estimate of drug-likeness (QED) is 0.726. The fourth-order valence-corrected chi connectivity index (χ4v) is 5.36. The summed E-state index contributed by atoms with van der Waals surface area (Å²) in [7, 11) is -4.33. The molecule has 0 radical (unpaired) electrons. The minimum absolute atomic E-state index is 0.149. The second-order valence-corrected chi connectivity index (χ2v) is 8.27. The van der Waals surface area contributed by atoms with Gasteiger partial charge in [-0.1, -0.05) is 24.3 Å². The van der Waals surface area contributed by atoms with Gasteiger partial charge in [-0.15, -0.1) is 0 Å². The Bertz CT molecular complexity index is 1060. The highest BCUT2D eigenvalue weighted by Crippen LogP contribution is 2.40. The first-order chi connectivity index (χ1) is 12.8. The summed E-state index contributed by atoms with van der Waals surface area (Å²) in [6.45, 7) is 0.149. The van der Waals surface area contributed by atoms with E-state index in [-0.39, 0.29) is 6.54 Å². The number of para-hydroxylation sites is 2. The SMILES string of the molecule is O=S(=O)(c1ccccc1C(F)(F)F)N1CCC[C@@H]1c1nc2ccccc2[nH]1. The van der Waals surface area contributed by atoms with Crippen LogP contribution in [-0.2, 0) is 16.2 Å². The van der Waals surface area contributed by atoms with E-state index in [1.807, 2.05) is 18.2 Å². The molecule has 142 valence electrons. The standard InChI is InChI=1S/C18H16F3N3O2S/c19-18(20,21)12-6-1-4-10-16(12)27(25,26)24-11-5-9-15(24)17-22-13-7-2-3-8-14(13)23-17/h1-4,6-8,10,15H,5,9,11H2,(H,22,23)/t15-/m1/s1. The van der Waals surface area contributed by atoms with Crippen LogP contribution in [-0.4, -0.2) is 29.2 Å². The topological polar surface area (TPSA) is 66.1 Å². The first kappa shape index (κ1) is 18.0. The zero-order chi connectivity index (χ0) is 19.2. The van der Waals surface area contributed by atoms with Gasteiger partial charge in [0.1, 0.15) is 5.82 Å². The van der Waals surface area contributed by atoms with Gasteiger partial charge in [-0.2, -0.15) is 17.5 Å². The highest BCUT2D eigenvalue weighted by atomic mass is 32.2. The van der Waals surface area contributed by atoms with Crippen LogP contribution in [0.5, 0.6) is 0 Å². The molecule has 4 rings (SSSR count). The van der Waals surface area contributed by atoms with Crippen LogP contribution in [0.1, 0.15) is 30.3 Å². The van der Waals surface area contributed by atoms with Crippen molar-refractivity contribution in [2.75, 3.05) is 6.54 Å². The predicted octanol–water partition coefficient (Wildman–Crippen LogP) is 4.11. The molecular formula is C18H16F3N3O2S. The van der Waals surface area contributed by atoms with Gasteiger partial charge in [-0.25, -0.2) is 13.4 Å². The van der Waals surface area contributed by atoms with Crippen molar-refractivity contribution in [3.8, 4) is 0 Å². The van der Waals surface area contributed by atoms with Crippen molar-refractivity contribution in [1.82, 2.24) is 14.3 Å². The van der Waals surface area contributed by atoms with E-state index in [9.17, 15) is 21.6 Å². The molecule has 0 aliphatic carbocycles. The summed E-state index contributed by atoms with van der Waals surface area (Å²) in [4.78, 5) is 6.81. The zero-order valence-electron chi connectivity index (χ0n) is 14.1. The average molecular weight is 395 g/mol. The normalized spacial score (nSPS) is 19.0. The van der Waals surface area contributed by atoms with E-state index in [1.165, 1.54) is 12.1 Å². The molecule has 0 spiro atoms. The molecule has 27 heavy (non-hydrogen) atoms. The molecule has 1 N–H and O–H groups in total. The van der Waals surface area contributed by atoms with E-state index < -0.39 is 32.7 Å². The maximum absolute atomic E-state index is 13.3. The molecule has 0 unspecified atom stereocenters. The number of halogens is 3. The minimum Gasteiger partial charge on any atom is -0.341 e. The molecule has 1 aliphatic rings. The lowest BCUT2D eigenvalue weighted by molar-refractivity contribution is -0.139. The van der Waals surface area contributed by atoms with Gasteiger partial charge in [0.25, 0.3) is 0 Å². The Hall–Kier alpha value is -2.39. The number of alkyl halides is 3. The first-order valence-corrected chi connectivity index (χ1v) is 9.85. The fraction of sp³-hybridized carbons (Fsp3) is 0.278. The number of aromatic nitrogens is 2. The maximum atomic E-state index is 13.3. The lowest BCUT2D eigenvalue weighted by Crippen LogP contribution is -2.32. The summed E-state index contributed by atoms with van der Waals surface area (Å²) in [5, 5.41) is 0. The molecule has 1 aromatic heterocycles. The molecule has 0 amide bonds. The smallest absolute Gasteiger partial charge is 0.341 e. The summed E-state index contributed by atoms with van der Waals surface area (Å²) in [5.74, 6) is 0.446. The van der Waals surface area contributed by atoms with E-state index in [2.05, 4.69) is 9.97 Å². The monoisotopic (exact) mass is 395 g/mol. The molecule has 9 heteroatoms. The Balaban J connectivity index is 1.78. The minimum atomic E-state index is -4.75. The number of aromatic amines is 1. The Morgan fingerprint density at radius 2 is 1.78 bits per heavy atom. The van der Waals surface area contributed by atoms with Crippen LogP contribution in [0, 0.1) is 0 Å². The predicted molar refractivity (Wildman–Crippen MR) is 93.4 cm³/mol. The summed E-state index contributed by atoms with van der Waals surface area (Å²) in [6, 6.07) is 10.9. The number of hydrogen-bond donors (Lipinski definition) is 1. The van der Waals surface area contributed by atoms with Gasteiger partial charge in [0.2, 0.25) is 10.0 Å². The lowest BCUT2D eigenvalue weighted by atomic mass is 10.2. The van der Waals surface area contributed by atoms with E-state index in [0.29, 0.717) is 24.2 Å². The molecule has 5 nitrogen and oxygen atoms in total. The molecule has 0 bridgehead atoms. The second-order valence-electron chi connectivity index (χ2n) is 6.41. The Labute approximate surface area is 153 Å². The molecule has 1 fully saturated rings. The van der Waals surface area contributed by atoms with Crippen LogP contribution in [0.15, 0.2) is 53.4 Å². The number of nitrogens with zero attached hydrogens (tertiary/aromatic N) is 2. The highest BCUT2D eigenvalue weighted by Gasteiger charge is 2.43. The molecule has 1 atom stereocenters. The van der Waals surface area contributed by atoms with Crippen LogP contribution in [0.25, 0.3) is 11.0 Å². The van der Waals surface area contributed by atoms with Crippen molar-refractivity contribution in [2.24, 2.45) is 0 Å². The van der Waals surface area contributed by atoms with Crippen molar-refractivity contribution < 1.29 is 21.6 Å². The summed E-state index contributed by atoms with van der Waals surface area (Å²) in [5.41, 5.74) is 0.292. The second kappa shape index (κ2) is 6.35. The van der Waals surface area contributed by atoms with Gasteiger partial charge < -0.3 is 4.98 Å². The van der Waals surface area contributed by atoms with Crippen molar-refractivity contribution in [3.05, 3.63) is 59.9 Å². The highest BCUT2D eigenvalue weighted by molar-refractivity contribution is 7.89.